The number of aliphatic imine (C=N–C) groups is 1. The zero-order chi connectivity index (χ0) is 20.7. The Labute approximate surface area is 184 Å². The summed E-state index contributed by atoms with van der Waals surface area (Å²) in [6.07, 6.45) is 0. The summed E-state index contributed by atoms with van der Waals surface area (Å²) < 4.78 is 0. The minimum Gasteiger partial charge on any atom is -0.337 e. The number of amides is 1. The predicted octanol–water partition coefficient (Wildman–Crippen LogP) is 6.17. The van der Waals surface area contributed by atoms with Gasteiger partial charge in [-0.05, 0) is 55.1 Å². The molecule has 3 aromatic carbocycles. The molecule has 2 heterocycles. The molecule has 0 atom stereocenters. The number of rotatable bonds is 2. The lowest BCUT2D eigenvalue weighted by Gasteiger charge is -2.17. The number of anilines is 2. The van der Waals surface area contributed by atoms with Gasteiger partial charge in [0.2, 0.25) is 0 Å². The summed E-state index contributed by atoms with van der Waals surface area (Å²) >= 11 is 3.07. The van der Waals surface area contributed by atoms with E-state index in [9.17, 15) is 4.79 Å². The van der Waals surface area contributed by atoms with Crippen LogP contribution in [0.15, 0.2) is 98.7 Å². The van der Waals surface area contributed by atoms with Gasteiger partial charge in [0.25, 0.3) is 5.91 Å². The van der Waals surface area contributed by atoms with E-state index in [-0.39, 0.29) is 5.91 Å². The summed E-state index contributed by atoms with van der Waals surface area (Å²) in [6.45, 7) is 2.04. The van der Waals surface area contributed by atoms with Crippen molar-refractivity contribution in [1.82, 2.24) is 0 Å². The smallest absolute Gasteiger partial charge is 0.274 e. The van der Waals surface area contributed by atoms with Gasteiger partial charge in [0, 0.05) is 11.9 Å². The van der Waals surface area contributed by atoms with Gasteiger partial charge in [-0.1, -0.05) is 59.8 Å². The van der Waals surface area contributed by atoms with Crippen molar-refractivity contribution in [3.05, 3.63) is 94.4 Å². The average molecular weight is 430 g/mol. The molecular weight excluding hydrogens is 410 g/mol. The zero-order valence-electron chi connectivity index (χ0n) is 16.6. The number of hydrogen-bond donors (Lipinski definition) is 0. The first kappa shape index (κ1) is 19.0. The molecule has 0 unspecified atom stereocenters. The van der Waals surface area contributed by atoms with Crippen molar-refractivity contribution in [2.45, 2.75) is 11.8 Å². The Balaban J connectivity index is 1.61. The van der Waals surface area contributed by atoms with E-state index in [1.807, 2.05) is 80.7 Å². The van der Waals surface area contributed by atoms with Gasteiger partial charge in [0.1, 0.15) is 4.91 Å². The zero-order valence-corrected chi connectivity index (χ0v) is 18.2. The molecular formula is C24H19N3OS2. The summed E-state index contributed by atoms with van der Waals surface area (Å²) in [4.78, 5) is 24.1. The highest BCUT2D eigenvalue weighted by Gasteiger charge is 2.40. The fourth-order valence-electron chi connectivity index (χ4n) is 3.41. The molecule has 0 aromatic heterocycles. The van der Waals surface area contributed by atoms with Crippen molar-refractivity contribution < 1.29 is 4.79 Å². The summed E-state index contributed by atoms with van der Waals surface area (Å²) in [5, 5.41) is 1.61. The molecule has 1 amide bonds. The Morgan fingerprint density at radius 2 is 1.53 bits per heavy atom. The fourth-order valence-corrected chi connectivity index (χ4v) is 5.76. The van der Waals surface area contributed by atoms with E-state index in [2.05, 4.69) is 17.0 Å². The van der Waals surface area contributed by atoms with Crippen LogP contribution in [-0.4, -0.2) is 18.1 Å². The van der Waals surface area contributed by atoms with Crippen molar-refractivity contribution >= 4 is 51.7 Å². The van der Waals surface area contributed by atoms with Crippen LogP contribution in [0.4, 0.5) is 17.1 Å². The fraction of sp³-hybridized carbons (Fsp3) is 0.0833. The molecule has 0 spiro atoms. The number of carbonyl (C=O) groups excluding carboxylic acids is 1. The van der Waals surface area contributed by atoms with Crippen molar-refractivity contribution in [1.29, 1.82) is 0 Å². The first-order valence-corrected chi connectivity index (χ1v) is 11.2. The molecule has 2 aliphatic heterocycles. The van der Waals surface area contributed by atoms with Crippen LogP contribution in [0.5, 0.6) is 0 Å². The van der Waals surface area contributed by atoms with E-state index in [0.717, 1.165) is 32.6 Å². The van der Waals surface area contributed by atoms with Crippen LogP contribution in [0, 0.1) is 6.92 Å². The van der Waals surface area contributed by atoms with Gasteiger partial charge in [-0.2, -0.15) is 0 Å². The normalized spacial score (nSPS) is 19.7. The Morgan fingerprint density at radius 3 is 2.27 bits per heavy atom. The van der Waals surface area contributed by atoms with Gasteiger partial charge >= 0.3 is 0 Å². The van der Waals surface area contributed by atoms with Crippen molar-refractivity contribution in [3.8, 4) is 0 Å². The largest absolute Gasteiger partial charge is 0.337 e. The Kier molecular flexibility index (Phi) is 4.89. The average Bonchev–Trinajstić information content (AvgIpc) is 3.26. The number of thioether (sulfide) groups is 2. The lowest BCUT2D eigenvalue weighted by atomic mass is 10.2. The number of hydrogen-bond acceptors (Lipinski definition) is 5. The molecule has 1 saturated heterocycles. The number of aryl methyl sites for hydroxylation is 1. The molecule has 5 rings (SSSR count). The SMILES string of the molecule is Cc1ccc(N2C(=O)/C(=C3/Sc4ccccc4N3C)SC2=Nc2ccccc2)cc1. The van der Waals surface area contributed by atoms with E-state index in [0.29, 0.717) is 10.1 Å². The van der Waals surface area contributed by atoms with Crippen molar-refractivity contribution in [2.75, 3.05) is 16.8 Å². The summed E-state index contributed by atoms with van der Waals surface area (Å²) in [5.41, 5.74) is 3.92. The molecule has 2 aliphatic rings. The number of nitrogens with zero attached hydrogens (tertiary/aromatic N) is 3. The Bertz CT molecular complexity index is 1190. The highest BCUT2D eigenvalue weighted by molar-refractivity contribution is 8.20. The minimum atomic E-state index is -0.0410. The van der Waals surface area contributed by atoms with Crippen LogP contribution in [0.2, 0.25) is 0 Å². The minimum absolute atomic E-state index is 0.0410. The van der Waals surface area contributed by atoms with Gasteiger partial charge in [0.15, 0.2) is 5.17 Å². The topological polar surface area (TPSA) is 35.9 Å². The highest BCUT2D eigenvalue weighted by Crippen LogP contribution is 2.50. The molecule has 0 aliphatic carbocycles. The Morgan fingerprint density at radius 1 is 0.833 bits per heavy atom. The van der Waals surface area contributed by atoms with Gasteiger partial charge in [0.05, 0.1) is 22.1 Å². The second-order valence-electron chi connectivity index (χ2n) is 7.07. The van der Waals surface area contributed by atoms with Gasteiger partial charge < -0.3 is 4.90 Å². The molecule has 3 aromatic rings. The molecule has 6 heteroatoms. The molecule has 0 bridgehead atoms. The van der Waals surface area contributed by atoms with Crippen LogP contribution in [0.3, 0.4) is 0 Å². The number of amidine groups is 1. The van der Waals surface area contributed by atoms with Crippen LogP contribution in [-0.2, 0) is 4.79 Å². The highest BCUT2D eigenvalue weighted by atomic mass is 32.2. The first-order chi connectivity index (χ1) is 14.6. The second kappa shape index (κ2) is 7.70. The molecule has 4 nitrogen and oxygen atoms in total. The van der Waals surface area contributed by atoms with Gasteiger partial charge in [-0.25, -0.2) is 4.99 Å². The second-order valence-corrected chi connectivity index (χ2v) is 9.08. The van der Waals surface area contributed by atoms with Crippen LogP contribution in [0.25, 0.3) is 0 Å². The summed E-state index contributed by atoms with van der Waals surface area (Å²) in [6, 6.07) is 26.0. The van der Waals surface area contributed by atoms with E-state index in [1.165, 1.54) is 11.8 Å². The van der Waals surface area contributed by atoms with Gasteiger partial charge in [-0.15, -0.1) is 0 Å². The van der Waals surface area contributed by atoms with Crippen molar-refractivity contribution in [2.24, 2.45) is 4.99 Å². The molecule has 148 valence electrons. The maximum Gasteiger partial charge on any atom is 0.274 e. The van der Waals surface area contributed by atoms with E-state index < -0.39 is 0 Å². The lowest BCUT2D eigenvalue weighted by molar-refractivity contribution is -0.113. The maximum absolute atomic E-state index is 13.6. The monoisotopic (exact) mass is 429 g/mol. The third-order valence-corrected chi connectivity index (χ3v) is 7.38. The molecule has 0 radical (unpaired) electrons. The molecule has 30 heavy (non-hydrogen) atoms. The molecule has 1 fully saturated rings. The number of carbonyl (C=O) groups is 1. The number of benzene rings is 3. The number of para-hydroxylation sites is 2. The Hall–Kier alpha value is -2.96. The summed E-state index contributed by atoms with van der Waals surface area (Å²) in [7, 11) is 2.01. The molecule has 0 N–H and O–H groups in total. The van der Waals surface area contributed by atoms with E-state index in [1.54, 1.807) is 16.7 Å². The van der Waals surface area contributed by atoms with Crippen LogP contribution in [0.1, 0.15) is 5.56 Å². The summed E-state index contributed by atoms with van der Waals surface area (Å²) in [5.74, 6) is -0.0410. The van der Waals surface area contributed by atoms with E-state index in [4.69, 9.17) is 4.99 Å². The predicted molar refractivity (Wildman–Crippen MR) is 128 cm³/mol. The van der Waals surface area contributed by atoms with Gasteiger partial charge in [-0.3, -0.25) is 9.69 Å². The van der Waals surface area contributed by atoms with Crippen molar-refractivity contribution in [3.63, 3.8) is 0 Å². The first-order valence-electron chi connectivity index (χ1n) is 9.59. The molecule has 0 saturated carbocycles. The van der Waals surface area contributed by atoms with E-state index >= 15 is 0 Å². The number of fused-ring (bicyclic) bond motifs is 1. The lowest BCUT2D eigenvalue weighted by Crippen LogP contribution is -2.29. The maximum atomic E-state index is 13.6. The third-order valence-electron chi connectivity index (χ3n) is 4.99. The third kappa shape index (κ3) is 3.32. The standard InChI is InChI=1S/C24H19N3OS2/c1-16-12-14-18(15-13-16)27-22(28)21(30-24(27)25-17-8-4-3-5-9-17)23-26(2)19-10-6-7-11-20(19)29-23/h3-15H,1-2H3/b23-21-,25-24?. The van der Waals surface area contributed by atoms with Crippen LogP contribution >= 0.6 is 23.5 Å². The quantitative estimate of drug-likeness (QED) is 0.456. The van der Waals surface area contributed by atoms with Crippen LogP contribution < -0.4 is 9.80 Å².